The number of allylic oxidation sites excluding steroid dienone is 2. The summed E-state index contributed by atoms with van der Waals surface area (Å²) in [4.78, 5) is 26.2. The molecular weight excluding hydrogens is 428 g/mol. The van der Waals surface area contributed by atoms with Gasteiger partial charge in [0.25, 0.3) is 0 Å². The third-order valence-corrected chi connectivity index (χ3v) is 5.59. The van der Waals surface area contributed by atoms with Crippen molar-refractivity contribution in [2.45, 2.75) is 44.6 Å². The number of carbonyl (C=O) groups is 1. The Bertz CT molecular complexity index is 1050. The third kappa shape index (κ3) is 7.99. The van der Waals surface area contributed by atoms with Crippen molar-refractivity contribution in [2.75, 3.05) is 19.1 Å². The highest BCUT2D eigenvalue weighted by molar-refractivity contribution is 5.68. The number of pyridine rings is 1. The average Bonchev–Trinajstić information content (AvgIpc) is 2.86. The number of benzene rings is 1. The number of hydrogen-bond acceptors (Lipinski definition) is 6. The monoisotopic (exact) mass is 460 g/mol. The van der Waals surface area contributed by atoms with E-state index in [0.29, 0.717) is 0 Å². The van der Waals surface area contributed by atoms with E-state index < -0.39 is 5.97 Å². The van der Waals surface area contributed by atoms with Crippen LogP contribution in [0, 0.1) is 0 Å². The van der Waals surface area contributed by atoms with E-state index in [1.165, 1.54) is 11.9 Å². The average molecular weight is 461 g/mol. The van der Waals surface area contributed by atoms with Crippen molar-refractivity contribution >= 4 is 11.8 Å². The first-order valence-electron chi connectivity index (χ1n) is 11.5. The number of ether oxygens (including phenoxy) is 1. The lowest BCUT2D eigenvalue weighted by Gasteiger charge is -2.19. The Labute approximate surface area is 201 Å². The maximum absolute atomic E-state index is 11.2. The molecule has 1 atom stereocenters. The number of carboxylic acid groups (broad SMARTS) is 1. The van der Waals surface area contributed by atoms with Crippen molar-refractivity contribution in [3.05, 3.63) is 90.2 Å². The molecule has 178 valence electrons. The van der Waals surface area contributed by atoms with E-state index >= 15 is 0 Å². The summed E-state index contributed by atoms with van der Waals surface area (Å²) < 4.78 is 5.22. The lowest BCUT2D eigenvalue weighted by molar-refractivity contribution is -0.137. The summed E-state index contributed by atoms with van der Waals surface area (Å²) in [7, 11) is 3.72. The van der Waals surface area contributed by atoms with Crippen molar-refractivity contribution in [3.8, 4) is 5.75 Å². The molecule has 2 heterocycles. The molecule has 0 bridgehead atoms. The van der Waals surface area contributed by atoms with Gasteiger partial charge in [-0.25, -0.2) is 15.0 Å². The Morgan fingerprint density at radius 1 is 1.12 bits per heavy atom. The normalized spacial score (nSPS) is 11.9. The predicted molar refractivity (Wildman–Crippen MR) is 133 cm³/mol. The van der Waals surface area contributed by atoms with Gasteiger partial charge in [-0.3, -0.25) is 4.79 Å². The van der Waals surface area contributed by atoms with E-state index in [0.717, 1.165) is 55.1 Å². The molecule has 0 aliphatic heterocycles. The number of aryl methyl sites for hydroxylation is 1. The first-order valence-corrected chi connectivity index (χ1v) is 11.5. The topological polar surface area (TPSA) is 88.4 Å². The molecule has 1 unspecified atom stereocenters. The van der Waals surface area contributed by atoms with Crippen LogP contribution in [0.15, 0.2) is 73.3 Å². The molecule has 7 nitrogen and oxygen atoms in total. The molecule has 7 heteroatoms. The zero-order valence-corrected chi connectivity index (χ0v) is 19.8. The molecule has 0 saturated heterocycles. The summed E-state index contributed by atoms with van der Waals surface area (Å²) in [6, 6.07) is 14.2. The van der Waals surface area contributed by atoms with Crippen molar-refractivity contribution in [2.24, 2.45) is 0 Å². The lowest BCUT2D eigenvalue weighted by atomic mass is 9.97. The predicted octanol–water partition coefficient (Wildman–Crippen LogP) is 5.04. The van der Waals surface area contributed by atoms with E-state index in [4.69, 9.17) is 9.72 Å². The van der Waals surface area contributed by atoms with Crippen LogP contribution in [0.3, 0.4) is 0 Å². The van der Waals surface area contributed by atoms with Crippen molar-refractivity contribution in [3.63, 3.8) is 0 Å². The fraction of sp³-hybridized carbons (Fsp3) is 0.333. The summed E-state index contributed by atoms with van der Waals surface area (Å²) in [5.41, 5.74) is 3.10. The number of nitrogens with zero attached hydrogens (tertiary/aromatic N) is 4. The second kappa shape index (κ2) is 13.1. The van der Waals surface area contributed by atoms with Crippen LogP contribution in [0.4, 0.5) is 5.82 Å². The molecule has 0 aliphatic rings. The van der Waals surface area contributed by atoms with Crippen LogP contribution in [0.1, 0.15) is 48.4 Å². The second-order valence-electron chi connectivity index (χ2n) is 8.24. The van der Waals surface area contributed by atoms with Crippen molar-refractivity contribution < 1.29 is 14.6 Å². The molecule has 3 aromatic rings. The summed E-state index contributed by atoms with van der Waals surface area (Å²) in [6.45, 7) is 0.773. The number of hydrogen-bond donors (Lipinski definition) is 1. The summed E-state index contributed by atoms with van der Waals surface area (Å²) in [6.07, 6.45) is 12.7. The van der Waals surface area contributed by atoms with E-state index in [-0.39, 0.29) is 12.3 Å². The number of aliphatic carboxylic acids is 1. The fourth-order valence-corrected chi connectivity index (χ4v) is 3.72. The number of carboxylic acids is 1. The van der Waals surface area contributed by atoms with E-state index in [9.17, 15) is 9.90 Å². The molecule has 0 saturated carbocycles. The molecular formula is C27H32N4O3. The van der Waals surface area contributed by atoms with Gasteiger partial charge in [0.15, 0.2) is 0 Å². The molecule has 3 rings (SSSR count). The Morgan fingerprint density at radius 2 is 1.88 bits per heavy atom. The van der Waals surface area contributed by atoms with E-state index in [1.807, 2.05) is 31.3 Å². The zero-order valence-electron chi connectivity index (χ0n) is 19.8. The summed E-state index contributed by atoms with van der Waals surface area (Å²) >= 11 is 0. The molecule has 0 radical (unpaired) electrons. The van der Waals surface area contributed by atoms with Gasteiger partial charge < -0.3 is 14.7 Å². The van der Waals surface area contributed by atoms with Crippen LogP contribution in [-0.4, -0.2) is 40.2 Å². The highest BCUT2D eigenvalue weighted by Crippen LogP contribution is 2.21. The highest BCUT2D eigenvalue weighted by Gasteiger charge is 2.13. The first kappa shape index (κ1) is 24.9. The molecule has 0 amide bonds. The largest absolute Gasteiger partial charge is 0.497 e. The van der Waals surface area contributed by atoms with Crippen LogP contribution in [0.5, 0.6) is 5.75 Å². The number of unbranched alkanes of at least 4 members (excludes halogenated alkanes) is 2. The van der Waals surface area contributed by atoms with Crippen LogP contribution < -0.4 is 9.64 Å². The Kier molecular flexibility index (Phi) is 9.58. The Morgan fingerprint density at radius 3 is 2.59 bits per heavy atom. The van der Waals surface area contributed by atoms with Crippen LogP contribution >= 0.6 is 0 Å². The van der Waals surface area contributed by atoms with Crippen molar-refractivity contribution in [1.82, 2.24) is 15.0 Å². The Hall–Kier alpha value is -3.74. The molecule has 0 fully saturated rings. The van der Waals surface area contributed by atoms with Crippen molar-refractivity contribution in [1.29, 1.82) is 0 Å². The van der Waals surface area contributed by atoms with Crippen LogP contribution in [-0.2, 0) is 17.8 Å². The zero-order chi connectivity index (χ0) is 24.2. The Balaban J connectivity index is 1.46. The van der Waals surface area contributed by atoms with Gasteiger partial charge in [-0.05, 0) is 61.1 Å². The van der Waals surface area contributed by atoms with Gasteiger partial charge in [-0.2, -0.15) is 0 Å². The van der Waals surface area contributed by atoms with Crippen LogP contribution in [0.25, 0.3) is 0 Å². The number of rotatable bonds is 13. The fourth-order valence-electron chi connectivity index (χ4n) is 3.72. The van der Waals surface area contributed by atoms with Gasteiger partial charge in [0, 0.05) is 37.6 Å². The minimum Gasteiger partial charge on any atom is -0.497 e. The lowest BCUT2D eigenvalue weighted by Crippen LogP contribution is -2.18. The first-order chi connectivity index (χ1) is 16.5. The molecule has 2 aromatic heterocycles. The van der Waals surface area contributed by atoms with Gasteiger partial charge in [-0.1, -0.05) is 30.4 Å². The molecule has 0 aliphatic carbocycles. The standard InChI is InChI=1S/C27H32N4O3/c1-31(19-21-12-14-25(34-2)15-13-21)26-11-7-10-24(30-26)9-6-4-3-5-8-22(16-27(32)33)23-17-28-20-29-18-23/h5,7-8,10-15,17-18,20,22H,3-4,6,9,16,19H2,1-2H3,(H,32,33)/b8-5+. The molecule has 1 N–H and O–H groups in total. The molecule has 0 spiro atoms. The van der Waals surface area contributed by atoms with Gasteiger partial charge in [0.05, 0.1) is 13.5 Å². The minimum absolute atomic E-state index is 0.0324. The molecule has 1 aromatic carbocycles. The SMILES string of the molecule is COc1ccc(CN(C)c2cccc(CCCC/C=C/C(CC(=O)O)c3cncnc3)n2)cc1. The second-order valence-corrected chi connectivity index (χ2v) is 8.24. The molecule has 34 heavy (non-hydrogen) atoms. The maximum Gasteiger partial charge on any atom is 0.304 e. The third-order valence-electron chi connectivity index (χ3n) is 5.59. The van der Waals surface area contributed by atoms with Crippen LogP contribution in [0.2, 0.25) is 0 Å². The number of methoxy groups -OCH3 is 1. The number of anilines is 1. The van der Waals surface area contributed by atoms with E-state index in [2.05, 4.69) is 45.2 Å². The quantitative estimate of drug-likeness (QED) is 0.282. The van der Waals surface area contributed by atoms with Gasteiger partial charge in [-0.15, -0.1) is 0 Å². The number of aromatic nitrogens is 3. The van der Waals surface area contributed by atoms with Gasteiger partial charge >= 0.3 is 5.97 Å². The summed E-state index contributed by atoms with van der Waals surface area (Å²) in [5, 5.41) is 9.19. The minimum atomic E-state index is -0.832. The maximum atomic E-state index is 11.2. The summed E-state index contributed by atoms with van der Waals surface area (Å²) in [5.74, 6) is 0.766. The van der Waals surface area contributed by atoms with E-state index in [1.54, 1.807) is 19.5 Å². The highest BCUT2D eigenvalue weighted by atomic mass is 16.5. The van der Waals surface area contributed by atoms with Gasteiger partial charge in [0.1, 0.15) is 17.9 Å². The van der Waals surface area contributed by atoms with Gasteiger partial charge in [0.2, 0.25) is 0 Å². The smallest absolute Gasteiger partial charge is 0.304 e.